The highest BCUT2D eigenvalue weighted by Gasteiger charge is 2.33. The van der Waals surface area contributed by atoms with Crippen LogP contribution in [0.4, 0.5) is 18.0 Å². The van der Waals surface area contributed by atoms with Crippen molar-refractivity contribution in [3.63, 3.8) is 0 Å². The van der Waals surface area contributed by atoms with Gasteiger partial charge < -0.3 is 20.7 Å². The second-order valence-corrected chi connectivity index (χ2v) is 8.01. The second kappa shape index (κ2) is 12.4. The van der Waals surface area contributed by atoms with Gasteiger partial charge in [-0.3, -0.25) is 4.99 Å². The molecule has 168 valence electrons. The van der Waals surface area contributed by atoms with E-state index in [1.807, 2.05) is 6.92 Å². The molecule has 3 N–H and O–H groups in total. The van der Waals surface area contributed by atoms with Gasteiger partial charge in [-0.25, -0.2) is 9.78 Å². The van der Waals surface area contributed by atoms with Crippen molar-refractivity contribution in [2.45, 2.75) is 64.9 Å². The summed E-state index contributed by atoms with van der Waals surface area (Å²) in [6.45, 7) is 7.85. The van der Waals surface area contributed by atoms with Crippen molar-refractivity contribution >= 4 is 47.4 Å². The highest BCUT2D eigenvalue weighted by atomic mass is 127. The van der Waals surface area contributed by atoms with Crippen molar-refractivity contribution in [1.29, 1.82) is 0 Å². The van der Waals surface area contributed by atoms with Crippen LogP contribution < -0.4 is 16.0 Å². The number of halogens is 4. The Morgan fingerprint density at radius 1 is 1.31 bits per heavy atom. The lowest BCUT2D eigenvalue weighted by atomic mass is 10.1. The zero-order valence-electron chi connectivity index (χ0n) is 17.1. The number of carbonyl (C=O) groups is 1. The number of hydrogen-bond donors (Lipinski definition) is 3. The van der Waals surface area contributed by atoms with Crippen molar-refractivity contribution < 1.29 is 22.7 Å². The molecule has 0 aromatic carbocycles. The lowest BCUT2D eigenvalue weighted by molar-refractivity contribution is -0.140. The molecule has 29 heavy (non-hydrogen) atoms. The number of aliphatic imine (C=N–C) groups is 1. The third-order valence-corrected chi connectivity index (χ3v) is 4.20. The van der Waals surface area contributed by atoms with E-state index in [0.29, 0.717) is 17.5 Å². The number of alkyl halides is 3. The van der Waals surface area contributed by atoms with Crippen molar-refractivity contribution in [3.05, 3.63) is 16.1 Å². The first-order valence-corrected chi connectivity index (χ1v) is 9.78. The molecule has 0 aliphatic carbocycles. The Bertz CT molecular complexity index is 662. The molecule has 0 spiro atoms. The first-order valence-electron chi connectivity index (χ1n) is 8.90. The van der Waals surface area contributed by atoms with E-state index in [9.17, 15) is 18.0 Å². The summed E-state index contributed by atoms with van der Waals surface area (Å²) in [5, 5.41) is 10.1. The van der Waals surface area contributed by atoms with Crippen LogP contribution in [0.25, 0.3) is 0 Å². The van der Waals surface area contributed by atoms with E-state index in [2.05, 4.69) is 25.9 Å². The van der Waals surface area contributed by atoms with Gasteiger partial charge in [0, 0.05) is 25.0 Å². The average molecular weight is 551 g/mol. The molecule has 0 saturated carbocycles. The number of alkyl carbamates (subject to hydrolysis) is 1. The van der Waals surface area contributed by atoms with Crippen LogP contribution in [0.2, 0.25) is 0 Å². The Morgan fingerprint density at radius 3 is 2.45 bits per heavy atom. The summed E-state index contributed by atoms with van der Waals surface area (Å²) in [5.41, 5.74) is -1.49. The fraction of sp³-hybridized carbons (Fsp3) is 0.706. The molecular weight excluding hydrogens is 522 g/mol. The summed E-state index contributed by atoms with van der Waals surface area (Å²) in [6.07, 6.45) is -3.37. The van der Waals surface area contributed by atoms with E-state index in [1.54, 1.807) is 27.8 Å². The van der Waals surface area contributed by atoms with Gasteiger partial charge in [-0.05, 0) is 27.2 Å². The molecule has 1 rings (SSSR count). The minimum Gasteiger partial charge on any atom is -0.444 e. The lowest BCUT2D eigenvalue weighted by Gasteiger charge is -2.24. The first-order chi connectivity index (χ1) is 12.9. The molecule has 12 heteroatoms. The van der Waals surface area contributed by atoms with Crippen LogP contribution in [0.15, 0.2) is 10.4 Å². The van der Waals surface area contributed by atoms with Gasteiger partial charge in [-0.15, -0.1) is 35.3 Å². The molecule has 0 fully saturated rings. The number of carbonyl (C=O) groups excluding carboxylic acids is 1. The number of nitrogens with one attached hydrogen (secondary N) is 3. The molecule has 1 aromatic rings. The smallest absolute Gasteiger partial charge is 0.434 e. The zero-order valence-corrected chi connectivity index (χ0v) is 20.3. The van der Waals surface area contributed by atoms with E-state index in [1.165, 1.54) is 0 Å². The monoisotopic (exact) mass is 551 g/mol. The van der Waals surface area contributed by atoms with E-state index in [4.69, 9.17) is 4.74 Å². The average Bonchev–Trinajstić information content (AvgIpc) is 3.02. The highest BCUT2D eigenvalue weighted by Crippen LogP contribution is 2.29. The Morgan fingerprint density at radius 2 is 1.97 bits per heavy atom. The molecule has 0 radical (unpaired) electrons. The number of guanidine groups is 1. The van der Waals surface area contributed by atoms with Gasteiger partial charge in [0.1, 0.15) is 10.6 Å². The van der Waals surface area contributed by atoms with Crippen LogP contribution in [-0.2, 0) is 17.5 Å². The Kier molecular flexibility index (Phi) is 11.8. The number of aromatic nitrogens is 1. The van der Waals surface area contributed by atoms with E-state index in [0.717, 1.165) is 29.6 Å². The molecule has 7 nitrogen and oxygen atoms in total. The normalized spacial score (nSPS) is 13.3. The number of nitrogens with zero attached hydrogens (tertiary/aromatic N) is 2. The van der Waals surface area contributed by atoms with Gasteiger partial charge in [0.25, 0.3) is 0 Å². The van der Waals surface area contributed by atoms with Crippen molar-refractivity contribution in [2.24, 2.45) is 4.99 Å². The third kappa shape index (κ3) is 11.5. The van der Waals surface area contributed by atoms with Gasteiger partial charge in [-0.2, -0.15) is 13.2 Å². The van der Waals surface area contributed by atoms with Gasteiger partial charge >= 0.3 is 12.3 Å². The minimum absolute atomic E-state index is 0. The quantitative estimate of drug-likeness (QED) is 0.270. The standard InChI is InChI=1S/C17H28F3N5O2S.HI/c1-6-7-11(24-15(26)27-16(2,3)4)8-22-14(21-5)23-9-13-25-12(10-28-13)17(18,19)20;/h10-11H,6-9H2,1-5H3,(H,24,26)(H2,21,22,23);1H. The highest BCUT2D eigenvalue weighted by molar-refractivity contribution is 14.0. The number of hydrogen-bond acceptors (Lipinski definition) is 5. The second-order valence-electron chi connectivity index (χ2n) is 7.06. The summed E-state index contributed by atoms with van der Waals surface area (Å²) < 4.78 is 43.1. The van der Waals surface area contributed by atoms with E-state index >= 15 is 0 Å². The summed E-state index contributed by atoms with van der Waals surface area (Å²) in [5.74, 6) is 0.399. The number of rotatable bonds is 7. The Hall–Kier alpha value is -1.31. The molecule has 1 atom stereocenters. The van der Waals surface area contributed by atoms with Crippen LogP contribution in [0, 0.1) is 0 Å². The maximum Gasteiger partial charge on any atom is 0.434 e. The Balaban J connectivity index is 0.00000784. The van der Waals surface area contributed by atoms with Crippen molar-refractivity contribution in [2.75, 3.05) is 13.6 Å². The molecule has 1 amide bonds. The van der Waals surface area contributed by atoms with Crippen LogP contribution in [-0.4, -0.2) is 42.3 Å². The molecule has 0 aliphatic heterocycles. The fourth-order valence-electron chi connectivity index (χ4n) is 2.17. The Labute approximate surface area is 190 Å². The molecule has 1 unspecified atom stereocenters. The van der Waals surface area contributed by atoms with Crippen molar-refractivity contribution in [1.82, 2.24) is 20.9 Å². The van der Waals surface area contributed by atoms with Crippen molar-refractivity contribution in [3.8, 4) is 0 Å². The third-order valence-electron chi connectivity index (χ3n) is 3.35. The molecule has 1 heterocycles. The van der Waals surface area contributed by atoms with Gasteiger partial charge in [0.05, 0.1) is 6.54 Å². The molecule has 0 bridgehead atoms. The summed E-state index contributed by atoms with van der Waals surface area (Å²) in [4.78, 5) is 19.5. The number of thiazole rings is 1. The largest absolute Gasteiger partial charge is 0.444 e. The van der Waals surface area contributed by atoms with Gasteiger partial charge in [0.2, 0.25) is 0 Å². The zero-order chi connectivity index (χ0) is 21.4. The van der Waals surface area contributed by atoms with Gasteiger partial charge in [-0.1, -0.05) is 13.3 Å². The molecule has 0 aliphatic rings. The van der Waals surface area contributed by atoms with Gasteiger partial charge in [0.15, 0.2) is 11.7 Å². The molecule has 1 aromatic heterocycles. The number of amides is 1. The molecule has 0 saturated heterocycles. The number of ether oxygens (including phenoxy) is 1. The van der Waals surface area contributed by atoms with Crippen LogP contribution >= 0.6 is 35.3 Å². The molecular formula is C17H29F3IN5O2S. The predicted molar refractivity (Wildman–Crippen MR) is 119 cm³/mol. The predicted octanol–water partition coefficient (Wildman–Crippen LogP) is 4.14. The van der Waals surface area contributed by atoms with Crippen LogP contribution in [0.5, 0.6) is 0 Å². The first kappa shape index (κ1) is 27.7. The maximum absolute atomic E-state index is 12.6. The summed E-state index contributed by atoms with van der Waals surface area (Å²) in [6, 6.07) is -0.185. The minimum atomic E-state index is -4.45. The van der Waals surface area contributed by atoms with Crippen LogP contribution in [0.1, 0.15) is 51.2 Å². The topological polar surface area (TPSA) is 87.6 Å². The SMILES string of the molecule is CCCC(CNC(=NC)NCc1nc(C(F)(F)F)cs1)NC(=O)OC(C)(C)C.I. The lowest BCUT2D eigenvalue weighted by Crippen LogP contribution is -2.48. The van der Waals surface area contributed by atoms with Crippen LogP contribution in [0.3, 0.4) is 0 Å². The van der Waals surface area contributed by atoms with E-state index < -0.39 is 23.6 Å². The fourth-order valence-corrected chi connectivity index (χ4v) is 2.91. The van der Waals surface area contributed by atoms with E-state index in [-0.39, 0.29) is 36.6 Å². The summed E-state index contributed by atoms with van der Waals surface area (Å²) >= 11 is 0.925. The maximum atomic E-state index is 12.6. The summed E-state index contributed by atoms with van der Waals surface area (Å²) in [7, 11) is 1.55.